The van der Waals surface area contributed by atoms with Gasteiger partial charge in [-0.05, 0) is 12.1 Å². The fourth-order valence-corrected chi connectivity index (χ4v) is 1.76. The molecule has 2 N–H and O–H groups in total. The van der Waals surface area contributed by atoms with E-state index in [0.717, 1.165) is 18.8 Å². The molecule has 0 bridgehead atoms. The van der Waals surface area contributed by atoms with Gasteiger partial charge in [0.05, 0.1) is 6.26 Å². The molecule has 1 aromatic heterocycles. The summed E-state index contributed by atoms with van der Waals surface area (Å²) in [5, 5.41) is 12.3. The van der Waals surface area contributed by atoms with Crippen LogP contribution in [0.4, 0.5) is 0 Å². The number of aliphatic hydroxyl groups is 1. The van der Waals surface area contributed by atoms with E-state index in [1.165, 1.54) is 0 Å². The van der Waals surface area contributed by atoms with E-state index < -0.39 is 0 Å². The minimum absolute atomic E-state index is 0. The summed E-state index contributed by atoms with van der Waals surface area (Å²) in [7, 11) is 0. The smallest absolute Gasteiger partial charge is 0.108 e. The standard InChI is InChI=1S/C9H13NO2.ClH/c11-6-7-4-10-5-8(7)9-2-1-3-12-9;/h1-3,7-8,10-11H,4-6H2;1H. The second kappa shape index (κ2) is 4.65. The van der Waals surface area contributed by atoms with E-state index in [-0.39, 0.29) is 19.0 Å². The molecule has 3 nitrogen and oxygen atoms in total. The van der Waals surface area contributed by atoms with Crippen LogP contribution in [0.1, 0.15) is 11.7 Å². The first-order chi connectivity index (χ1) is 5.92. The maximum atomic E-state index is 9.05. The van der Waals surface area contributed by atoms with Gasteiger partial charge in [-0.3, -0.25) is 0 Å². The Morgan fingerprint density at radius 1 is 1.54 bits per heavy atom. The maximum absolute atomic E-state index is 9.05. The zero-order chi connectivity index (χ0) is 8.39. The summed E-state index contributed by atoms with van der Waals surface area (Å²) in [6.07, 6.45) is 1.68. The average molecular weight is 204 g/mol. The third-order valence-corrected chi connectivity index (χ3v) is 2.48. The van der Waals surface area contributed by atoms with Crippen LogP contribution in [0.2, 0.25) is 0 Å². The number of rotatable bonds is 2. The van der Waals surface area contributed by atoms with Crippen molar-refractivity contribution in [1.29, 1.82) is 0 Å². The SMILES string of the molecule is Cl.OCC1CNCC1c1ccco1. The molecule has 0 spiro atoms. The van der Waals surface area contributed by atoms with E-state index in [1.807, 2.05) is 12.1 Å². The molecule has 2 atom stereocenters. The Morgan fingerprint density at radius 2 is 2.38 bits per heavy atom. The molecule has 4 heteroatoms. The summed E-state index contributed by atoms with van der Waals surface area (Å²) in [5.74, 6) is 1.65. The highest BCUT2D eigenvalue weighted by Crippen LogP contribution is 2.27. The van der Waals surface area contributed by atoms with Crippen molar-refractivity contribution >= 4 is 12.4 Å². The van der Waals surface area contributed by atoms with Crippen LogP contribution < -0.4 is 5.32 Å². The van der Waals surface area contributed by atoms with Crippen LogP contribution >= 0.6 is 12.4 Å². The lowest BCUT2D eigenvalue weighted by Crippen LogP contribution is -2.14. The van der Waals surface area contributed by atoms with Gasteiger partial charge in [-0.2, -0.15) is 0 Å². The van der Waals surface area contributed by atoms with Crippen LogP contribution in [-0.2, 0) is 0 Å². The maximum Gasteiger partial charge on any atom is 0.108 e. The average Bonchev–Trinajstić information content (AvgIpc) is 2.74. The molecule has 1 saturated heterocycles. The number of halogens is 1. The van der Waals surface area contributed by atoms with Gasteiger partial charge in [0.2, 0.25) is 0 Å². The molecule has 0 aliphatic carbocycles. The first kappa shape index (κ1) is 10.6. The van der Waals surface area contributed by atoms with E-state index in [9.17, 15) is 0 Å². The van der Waals surface area contributed by atoms with E-state index in [1.54, 1.807) is 6.26 Å². The van der Waals surface area contributed by atoms with Crippen LogP contribution in [0.5, 0.6) is 0 Å². The zero-order valence-corrected chi connectivity index (χ0v) is 8.09. The molecule has 74 valence electrons. The summed E-state index contributed by atoms with van der Waals surface area (Å²) in [6, 6.07) is 3.86. The summed E-state index contributed by atoms with van der Waals surface area (Å²) in [4.78, 5) is 0. The second-order valence-corrected chi connectivity index (χ2v) is 3.22. The number of furan rings is 1. The fraction of sp³-hybridized carbons (Fsp3) is 0.556. The predicted octanol–water partition coefficient (Wildman–Crippen LogP) is 0.997. The molecule has 1 fully saturated rings. The van der Waals surface area contributed by atoms with Gasteiger partial charge in [0.15, 0.2) is 0 Å². The first-order valence-corrected chi connectivity index (χ1v) is 4.27. The minimum atomic E-state index is 0. The lowest BCUT2D eigenvalue weighted by Gasteiger charge is -2.12. The summed E-state index contributed by atoms with van der Waals surface area (Å²) in [6.45, 7) is 2.04. The molecule has 1 aromatic rings. The molecule has 0 amide bonds. The Bertz CT molecular complexity index is 238. The molecule has 0 aromatic carbocycles. The van der Waals surface area contributed by atoms with Crippen LogP contribution in [0.25, 0.3) is 0 Å². The number of nitrogens with one attached hydrogen (secondary N) is 1. The van der Waals surface area contributed by atoms with Crippen molar-refractivity contribution in [3.05, 3.63) is 24.2 Å². The van der Waals surface area contributed by atoms with Crippen molar-refractivity contribution in [2.75, 3.05) is 19.7 Å². The molecular weight excluding hydrogens is 190 g/mol. The molecule has 1 aliphatic heterocycles. The van der Waals surface area contributed by atoms with Gasteiger partial charge < -0.3 is 14.8 Å². The van der Waals surface area contributed by atoms with Crippen LogP contribution in [-0.4, -0.2) is 24.8 Å². The van der Waals surface area contributed by atoms with Gasteiger partial charge in [0.1, 0.15) is 5.76 Å². The Hall–Kier alpha value is -0.510. The van der Waals surface area contributed by atoms with E-state index in [4.69, 9.17) is 9.52 Å². The Morgan fingerprint density at radius 3 is 3.00 bits per heavy atom. The van der Waals surface area contributed by atoms with E-state index in [2.05, 4.69) is 5.32 Å². The quantitative estimate of drug-likeness (QED) is 0.754. The lowest BCUT2D eigenvalue weighted by atomic mass is 9.95. The largest absolute Gasteiger partial charge is 0.469 e. The third kappa shape index (κ3) is 2.05. The zero-order valence-electron chi connectivity index (χ0n) is 7.27. The van der Waals surface area contributed by atoms with Gasteiger partial charge in [0.25, 0.3) is 0 Å². The van der Waals surface area contributed by atoms with Crippen LogP contribution in [0.15, 0.2) is 22.8 Å². The topological polar surface area (TPSA) is 45.4 Å². The predicted molar refractivity (Wildman–Crippen MR) is 52.1 cm³/mol. The van der Waals surface area contributed by atoms with E-state index in [0.29, 0.717) is 11.8 Å². The third-order valence-electron chi connectivity index (χ3n) is 2.48. The molecule has 0 radical (unpaired) electrons. The molecule has 1 aliphatic rings. The van der Waals surface area contributed by atoms with Gasteiger partial charge in [0, 0.05) is 31.5 Å². The van der Waals surface area contributed by atoms with Gasteiger partial charge in [-0.15, -0.1) is 12.4 Å². The van der Waals surface area contributed by atoms with E-state index >= 15 is 0 Å². The van der Waals surface area contributed by atoms with Crippen molar-refractivity contribution in [2.45, 2.75) is 5.92 Å². The molecule has 2 rings (SSSR count). The monoisotopic (exact) mass is 203 g/mol. The highest BCUT2D eigenvalue weighted by atomic mass is 35.5. The van der Waals surface area contributed by atoms with Gasteiger partial charge in [-0.25, -0.2) is 0 Å². The van der Waals surface area contributed by atoms with Gasteiger partial charge in [-0.1, -0.05) is 0 Å². The Labute approximate surface area is 83.5 Å². The fourth-order valence-electron chi connectivity index (χ4n) is 1.76. The summed E-state index contributed by atoms with van der Waals surface area (Å²) in [5.41, 5.74) is 0. The molecule has 0 saturated carbocycles. The molecule has 2 heterocycles. The number of aliphatic hydroxyl groups excluding tert-OH is 1. The highest BCUT2D eigenvalue weighted by Gasteiger charge is 2.29. The minimum Gasteiger partial charge on any atom is -0.469 e. The number of hydrogen-bond acceptors (Lipinski definition) is 3. The Balaban J connectivity index is 0.000000845. The van der Waals surface area contributed by atoms with Crippen LogP contribution in [0, 0.1) is 5.92 Å². The van der Waals surface area contributed by atoms with Crippen molar-refractivity contribution < 1.29 is 9.52 Å². The van der Waals surface area contributed by atoms with Crippen molar-refractivity contribution in [3.63, 3.8) is 0 Å². The van der Waals surface area contributed by atoms with Crippen molar-refractivity contribution in [3.8, 4) is 0 Å². The lowest BCUT2D eigenvalue weighted by molar-refractivity contribution is 0.218. The van der Waals surface area contributed by atoms with Crippen molar-refractivity contribution in [2.24, 2.45) is 5.92 Å². The molecule has 13 heavy (non-hydrogen) atoms. The van der Waals surface area contributed by atoms with Gasteiger partial charge >= 0.3 is 0 Å². The summed E-state index contributed by atoms with van der Waals surface area (Å²) >= 11 is 0. The number of hydrogen-bond donors (Lipinski definition) is 2. The second-order valence-electron chi connectivity index (χ2n) is 3.22. The van der Waals surface area contributed by atoms with Crippen LogP contribution in [0.3, 0.4) is 0 Å². The highest BCUT2D eigenvalue weighted by molar-refractivity contribution is 5.85. The normalized spacial score (nSPS) is 27.2. The first-order valence-electron chi connectivity index (χ1n) is 4.27. The van der Waals surface area contributed by atoms with Crippen molar-refractivity contribution in [1.82, 2.24) is 5.32 Å². The summed E-state index contributed by atoms with van der Waals surface area (Å²) < 4.78 is 5.30. The molecular formula is C9H14ClNO2. The Kier molecular flexibility index (Phi) is 3.78. The molecule has 2 unspecified atom stereocenters.